The van der Waals surface area contributed by atoms with Crippen LogP contribution in [0.1, 0.15) is 17.3 Å². The number of carbonyl (C=O) groups is 2. The number of aliphatic carboxylic acids is 1. The van der Waals surface area contributed by atoms with Gasteiger partial charge in [-0.15, -0.1) is 0 Å². The third kappa shape index (κ3) is 2.15. The minimum Gasteiger partial charge on any atom is -0.481 e. The summed E-state index contributed by atoms with van der Waals surface area (Å²) in [7, 11) is 1.74. The molecule has 1 aliphatic rings. The van der Waals surface area contributed by atoms with Gasteiger partial charge in [-0.25, -0.2) is 0 Å². The van der Waals surface area contributed by atoms with Crippen LogP contribution in [0.3, 0.4) is 0 Å². The highest BCUT2D eigenvalue weighted by Crippen LogP contribution is 2.24. The molecule has 0 bridgehead atoms. The number of carboxylic acids is 1. The van der Waals surface area contributed by atoms with Crippen LogP contribution >= 0.6 is 0 Å². The van der Waals surface area contributed by atoms with Crippen LogP contribution in [0.4, 0.5) is 0 Å². The zero-order chi connectivity index (χ0) is 12.6. The molecule has 1 N–H and O–H groups in total. The second-order valence-corrected chi connectivity index (χ2v) is 4.53. The molecule has 1 fully saturated rings. The van der Waals surface area contributed by atoms with Crippen LogP contribution in [0.2, 0.25) is 0 Å². The van der Waals surface area contributed by atoms with E-state index in [0.717, 1.165) is 0 Å². The number of rotatable bonds is 2. The van der Waals surface area contributed by atoms with Crippen LogP contribution in [-0.4, -0.2) is 44.8 Å². The monoisotopic (exact) mass is 237 g/mol. The molecule has 0 aromatic carbocycles. The molecule has 1 aromatic heterocycles. The van der Waals surface area contributed by atoms with Crippen LogP contribution in [0.15, 0.2) is 12.4 Å². The highest BCUT2D eigenvalue weighted by atomic mass is 16.4. The normalized spacial score (nSPS) is 24.0. The topological polar surface area (TPSA) is 75.4 Å². The molecule has 6 heteroatoms. The van der Waals surface area contributed by atoms with E-state index >= 15 is 0 Å². The Hall–Kier alpha value is -1.85. The predicted molar refractivity (Wildman–Crippen MR) is 59.4 cm³/mol. The van der Waals surface area contributed by atoms with E-state index in [9.17, 15) is 9.59 Å². The van der Waals surface area contributed by atoms with Crippen LogP contribution in [-0.2, 0) is 11.8 Å². The van der Waals surface area contributed by atoms with Gasteiger partial charge in [-0.05, 0) is 5.92 Å². The summed E-state index contributed by atoms with van der Waals surface area (Å²) >= 11 is 0. The fraction of sp³-hybridized carbons (Fsp3) is 0.545. The third-order valence-corrected chi connectivity index (χ3v) is 3.17. The number of hydrogen-bond donors (Lipinski definition) is 1. The van der Waals surface area contributed by atoms with Gasteiger partial charge in [-0.1, -0.05) is 6.92 Å². The molecule has 2 atom stereocenters. The number of carboxylic acid groups (broad SMARTS) is 1. The number of amides is 1. The molecule has 2 rings (SSSR count). The Bertz CT molecular complexity index is 455. The van der Waals surface area contributed by atoms with E-state index in [1.54, 1.807) is 22.8 Å². The maximum Gasteiger partial charge on any atom is 0.308 e. The zero-order valence-corrected chi connectivity index (χ0v) is 9.83. The number of aromatic nitrogens is 2. The van der Waals surface area contributed by atoms with Gasteiger partial charge in [0.05, 0.1) is 17.7 Å². The Balaban J connectivity index is 2.10. The average molecular weight is 237 g/mol. The number of likely N-dealkylation sites (tertiary alicyclic amines) is 1. The van der Waals surface area contributed by atoms with E-state index < -0.39 is 11.9 Å². The lowest BCUT2D eigenvalue weighted by Gasteiger charge is -2.14. The minimum absolute atomic E-state index is 0.00637. The van der Waals surface area contributed by atoms with Gasteiger partial charge in [0, 0.05) is 26.3 Å². The fourth-order valence-electron chi connectivity index (χ4n) is 2.17. The van der Waals surface area contributed by atoms with Crippen molar-refractivity contribution in [3.63, 3.8) is 0 Å². The zero-order valence-electron chi connectivity index (χ0n) is 9.83. The van der Waals surface area contributed by atoms with E-state index in [4.69, 9.17) is 5.11 Å². The molecular weight excluding hydrogens is 222 g/mol. The number of carbonyl (C=O) groups excluding carboxylic acids is 1. The van der Waals surface area contributed by atoms with Crippen LogP contribution in [0.5, 0.6) is 0 Å². The second kappa shape index (κ2) is 4.20. The number of nitrogens with zero attached hydrogens (tertiary/aromatic N) is 3. The molecule has 1 aliphatic heterocycles. The van der Waals surface area contributed by atoms with Gasteiger partial charge >= 0.3 is 5.97 Å². The molecule has 0 saturated carbocycles. The first-order valence-corrected chi connectivity index (χ1v) is 5.49. The molecule has 0 radical (unpaired) electrons. The van der Waals surface area contributed by atoms with Crippen LogP contribution < -0.4 is 0 Å². The van der Waals surface area contributed by atoms with Crippen molar-refractivity contribution in [1.29, 1.82) is 0 Å². The van der Waals surface area contributed by atoms with Gasteiger partial charge in [0.15, 0.2) is 0 Å². The van der Waals surface area contributed by atoms with Crippen LogP contribution in [0.25, 0.3) is 0 Å². The van der Waals surface area contributed by atoms with E-state index in [0.29, 0.717) is 12.1 Å². The summed E-state index contributed by atoms with van der Waals surface area (Å²) in [6.45, 7) is 2.63. The van der Waals surface area contributed by atoms with Crippen molar-refractivity contribution in [3.8, 4) is 0 Å². The lowest BCUT2D eigenvalue weighted by atomic mass is 9.99. The standard InChI is InChI=1S/C11H15N3O3/c1-7-4-14(6-9(7)11(16)17)10(15)8-3-12-13(2)5-8/h3,5,7,9H,4,6H2,1-2H3,(H,16,17). The summed E-state index contributed by atoms with van der Waals surface area (Å²) in [4.78, 5) is 24.6. The lowest BCUT2D eigenvalue weighted by molar-refractivity contribution is -0.142. The largest absolute Gasteiger partial charge is 0.481 e. The smallest absolute Gasteiger partial charge is 0.308 e. The first kappa shape index (κ1) is 11.6. The number of hydrogen-bond acceptors (Lipinski definition) is 3. The van der Waals surface area contributed by atoms with E-state index in [2.05, 4.69) is 5.10 Å². The van der Waals surface area contributed by atoms with Gasteiger partial charge < -0.3 is 10.0 Å². The summed E-state index contributed by atoms with van der Waals surface area (Å²) in [5.74, 6) is -1.45. The highest BCUT2D eigenvalue weighted by molar-refractivity contribution is 5.94. The van der Waals surface area contributed by atoms with Gasteiger partial charge in [-0.3, -0.25) is 14.3 Å². The van der Waals surface area contributed by atoms with Crippen molar-refractivity contribution in [2.24, 2.45) is 18.9 Å². The van der Waals surface area contributed by atoms with Crippen LogP contribution in [0, 0.1) is 11.8 Å². The summed E-state index contributed by atoms with van der Waals surface area (Å²) in [6.07, 6.45) is 3.14. The molecule has 0 aliphatic carbocycles. The van der Waals surface area contributed by atoms with Crippen molar-refractivity contribution < 1.29 is 14.7 Å². The molecule has 1 aromatic rings. The summed E-state index contributed by atoms with van der Waals surface area (Å²) in [5, 5.41) is 12.9. The highest BCUT2D eigenvalue weighted by Gasteiger charge is 2.37. The van der Waals surface area contributed by atoms with E-state index in [1.807, 2.05) is 6.92 Å². The van der Waals surface area contributed by atoms with E-state index in [1.165, 1.54) is 6.20 Å². The Morgan fingerprint density at radius 2 is 2.18 bits per heavy atom. The second-order valence-electron chi connectivity index (χ2n) is 4.53. The minimum atomic E-state index is -0.834. The Kier molecular flexibility index (Phi) is 2.87. The molecule has 2 heterocycles. The molecule has 6 nitrogen and oxygen atoms in total. The summed E-state index contributed by atoms with van der Waals surface area (Å²) in [6, 6.07) is 0. The molecule has 2 unspecified atom stereocenters. The quantitative estimate of drug-likeness (QED) is 0.798. The molecule has 1 saturated heterocycles. The third-order valence-electron chi connectivity index (χ3n) is 3.17. The van der Waals surface area contributed by atoms with Gasteiger partial charge in [0.25, 0.3) is 5.91 Å². The van der Waals surface area contributed by atoms with Crippen molar-refractivity contribution in [2.75, 3.05) is 13.1 Å². The average Bonchev–Trinajstić information content (AvgIpc) is 2.83. The molecule has 1 amide bonds. The van der Waals surface area contributed by atoms with Gasteiger partial charge in [0.2, 0.25) is 0 Å². The SMILES string of the molecule is CC1CN(C(=O)c2cnn(C)c2)CC1C(=O)O. The van der Waals surface area contributed by atoms with Crippen molar-refractivity contribution >= 4 is 11.9 Å². The Morgan fingerprint density at radius 1 is 1.47 bits per heavy atom. The van der Waals surface area contributed by atoms with Gasteiger partial charge in [0.1, 0.15) is 0 Å². The molecule has 92 valence electrons. The van der Waals surface area contributed by atoms with Crippen molar-refractivity contribution in [2.45, 2.75) is 6.92 Å². The van der Waals surface area contributed by atoms with E-state index in [-0.39, 0.29) is 18.4 Å². The predicted octanol–water partition coefficient (Wildman–Crippen LogP) is 0.213. The lowest BCUT2D eigenvalue weighted by Crippen LogP contribution is -2.29. The maximum absolute atomic E-state index is 12.1. The molecular formula is C11H15N3O3. The Morgan fingerprint density at radius 3 is 2.65 bits per heavy atom. The fourth-order valence-corrected chi connectivity index (χ4v) is 2.17. The molecule has 0 spiro atoms. The summed E-state index contributed by atoms with van der Waals surface area (Å²) in [5.41, 5.74) is 0.505. The van der Waals surface area contributed by atoms with Gasteiger partial charge in [-0.2, -0.15) is 5.10 Å². The number of aryl methyl sites for hydroxylation is 1. The first-order chi connectivity index (χ1) is 7.99. The van der Waals surface area contributed by atoms with Crippen molar-refractivity contribution in [1.82, 2.24) is 14.7 Å². The van der Waals surface area contributed by atoms with Crippen molar-refractivity contribution in [3.05, 3.63) is 18.0 Å². The summed E-state index contributed by atoms with van der Waals surface area (Å²) < 4.78 is 1.56. The maximum atomic E-state index is 12.1. The Labute approximate surface area is 98.8 Å². The molecule has 17 heavy (non-hydrogen) atoms. The first-order valence-electron chi connectivity index (χ1n) is 5.49.